The number of aliphatic imine (C=N–C) groups is 1. The van der Waals surface area contributed by atoms with Gasteiger partial charge in [-0.25, -0.2) is 9.18 Å². The Morgan fingerprint density at radius 1 is 1.15 bits per heavy atom. The van der Waals surface area contributed by atoms with Crippen molar-refractivity contribution >= 4 is 29.7 Å². The second-order valence-corrected chi connectivity index (χ2v) is 7.99. The summed E-state index contributed by atoms with van der Waals surface area (Å²) in [6, 6.07) is 5.84. The van der Waals surface area contributed by atoms with Gasteiger partial charge < -0.3 is 32.1 Å². The molecule has 11 nitrogen and oxygen atoms in total. The van der Waals surface area contributed by atoms with Crippen LogP contribution in [0, 0.1) is 0 Å². The van der Waals surface area contributed by atoms with E-state index in [-0.39, 0.29) is 31.9 Å². The van der Waals surface area contributed by atoms with Crippen LogP contribution >= 0.6 is 0 Å². The molecule has 1 aliphatic heterocycles. The van der Waals surface area contributed by atoms with E-state index < -0.39 is 48.5 Å². The molecule has 7 N–H and O–H groups in total. The Hall–Kier alpha value is -3.70. The van der Waals surface area contributed by atoms with E-state index in [1.807, 2.05) is 0 Å². The van der Waals surface area contributed by atoms with E-state index in [2.05, 4.69) is 15.6 Å². The van der Waals surface area contributed by atoms with Gasteiger partial charge in [0.05, 0.1) is 6.04 Å². The molecule has 0 bridgehead atoms. The van der Waals surface area contributed by atoms with Crippen molar-refractivity contribution < 1.29 is 28.7 Å². The van der Waals surface area contributed by atoms with Gasteiger partial charge in [0.1, 0.15) is 18.8 Å². The number of carbonyl (C=O) groups excluding carboxylic acids is 3. The summed E-state index contributed by atoms with van der Waals surface area (Å²) in [5, 5.41) is 14.0. The number of ketones is 1. The lowest BCUT2D eigenvalue weighted by Gasteiger charge is -2.29. The molecule has 0 aliphatic carbocycles. The lowest BCUT2D eigenvalue weighted by molar-refractivity contribution is -0.140. The number of halogens is 1. The van der Waals surface area contributed by atoms with Gasteiger partial charge in [0.15, 0.2) is 11.7 Å². The number of hydrogen-bond donors (Lipinski definition) is 5. The molecular formula is C22H31FN6O5. The summed E-state index contributed by atoms with van der Waals surface area (Å²) in [5.41, 5.74) is 11.3. The number of amides is 3. The number of nitrogens with one attached hydrogen (secondary N) is 2. The molecule has 0 spiro atoms. The minimum Gasteiger partial charge on any atom is -0.465 e. The lowest BCUT2D eigenvalue weighted by atomic mass is 10.0. The normalized spacial score (nSPS) is 16.9. The number of Topliss-reactive ketones (excluding diaryl/α,β-unsaturated/α-hetero) is 1. The van der Waals surface area contributed by atoms with Crippen LogP contribution in [0.5, 0.6) is 0 Å². The van der Waals surface area contributed by atoms with Crippen molar-refractivity contribution in [3.05, 3.63) is 35.9 Å². The first-order valence-corrected chi connectivity index (χ1v) is 11.0. The first kappa shape index (κ1) is 26.6. The number of nitrogens with two attached hydrogens (primary N) is 2. The maximum Gasteiger partial charge on any atom is 0.405 e. The quantitative estimate of drug-likeness (QED) is 0.158. The summed E-state index contributed by atoms with van der Waals surface area (Å²) in [4.78, 5) is 54.6. The highest BCUT2D eigenvalue weighted by Crippen LogP contribution is 2.20. The fraction of sp³-hybridized carbons (Fsp3) is 0.500. The molecule has 34 heavy (non-hydrogen) atoms. The third-order valence-corrected chi connectivity index (χ3v) is 5.50. The largest absolute Gasteiger partial charge is 0.465 e. The summed E-state index contributed by atoms with van der Waals surface area (Å²) in [6.07, 6.45) is 0.0926. The van der Waals surface area contributed by atoms with E-state index in [0.717, 1.165) is 5.56 Å². The van der Waals surface area contributed by atoms with E-state index in [4.69, 9.17) is 11.5 Å². The van der Waals surface area contributed by atoms with Crippen molar-refractivity contribution in [2.45, 2.75) is 50.2 Å². The summed E-state index contributed by atoms with van der Waals surface area (Å²) < 4.78 is 13.0. The van der Waals surface area contributed by atoms with Gasteiger partial charge in [-0.05, 0) is 31.2 Å². The van der Waals surface area contributed by atoms with Crippen LogP contribution in [0.15, 0.2) is 35.3 Å². The minimum atomic E-state index is -1.36. The Morgan fingerprint density at radius 3 is 2.47 bits per heavy atom. The van der Waals surface area contributed by atoms with Crippen molar-refractivity contribution in [2.24, 2.45) is 16.5 Å². The summed E-state index contributed by atoms with van der Waals surface area (Å²) in [5.74, 6) is -2.03. The summed E-state index contributed by atoms with van der Waals surface area (Å²) in [7, 11) is 0. The highest BCUT2D eigenvalue weighted by Gasteiger charge is 2.38. The zero-order valence-electron chi connectivity index (χ0n) is 18.8. The van der Waals surface area contributed by atoms with Gasteiger partial charge in [0, 0.05) is 19.5 Å². The van der Waals surface area contributed by atoms with E-state index in [0.29, 0.717) is 19.3 Å². The standard InChI is InChI=1S/C22H31FN6O5/c23-13-18(30)15(8-4-10-26-21(24)25)27-19(31)17-9-5-11-29(17)20(32)16(28-22(33)34)12-14-6-2-1-3-7-14/h1-3,6-7,15-17,28H,4-5,8-13H2,(H,27,31)(H,33,34)(H4,24,25,26). The maximum absolute atomic E-state index is 13.2. The lowest BCUT2D eigenvalue weighted by Crippen LogP contribution is -2.55. The van der Waals surface area contributed by atoms with Crippen LogP contribution in [-0.2, 0) is 20.8 Å². The topological polar surface area (TPSA) is 180 Å². The number of carbonyl (C=O) groups is 4. The molecule has 186 valence electrons. The Labute approximate surface area is 196 Å². The molecule has 1 aromatic rings. The summed E-state index contributed by atoms with van der Waals surface area (Å²) >= 11 is 0. The van der Waals surface area contributed by atoms with Gasteiger partial charge >= 0.3 is 6.09 Å². The first-order valence-electron chi connectivity index (χ1n) is 11.0. The van der Waals surface area contributed by atoms with Crippen molar-refractivity contribution in [3.63, 3.8) is 0 Å². The van der Waals surface area contributed by atoms with Crippen LogP contribution in [0.2, 0.25) is 0 Å². The number of carboxylic acid groups (broad SMARTS) is 1. The van der Waals surface area contributed by atoms with E-state index in [9.17, 15) is 28.7 Å². The van der Waals surface area contributed by atoms with Gasteiger partial charge in [0.25, 0.3) is 0 Å². The fourth-order valence-electron chi connectivity index (χ4n) is 3.88. The number of guanidine groups is 1. The number of rotatable bonds is 12. The Balaban J connectivity index is 2.09. The zero-order valence-corrected chi connectivity index (χ0v) is 18.8. The minimum absolute atomic E-state index is 0.113. The van der Waals surface area contributed by atoms with Gasteiger partial charge in [-0.3, -0.25) is 19.4 Å². The van der Waals surface area contributed by atoms with E-state index >= 15 is 0 Å². The van der Waals surface area contributed by atoms with Gasteiger partial charge in [0.2, 0.25) is 11.8 Å². The molecular weight excluding hydrogens is 447 g/mol. The molecule has 1 saturated heterocycles. The average Bonchev–Trinajstić information content (AvgIpc) is 3.30. The molecule has 3 atom stereocenters. The third kappa shape index (κ3) is 8.01. The Morgan fingerprint density at radius 2 is 1.85 bits per heavy atom. The number of nitrogens with zero attached hydrogens (tertiary/aromatic N) is 2. The van der Waals surface area contributed by atoms with Crippen LogP contribution < -0.4 is 22.1 Å². The second-order valence-electron chi connectivity index (χ2n) is 7.99. The van der Waals surface area contributed by atoms with Crippen molar-refractivity contribution in [1.82, 2.24) is 15.5 Å². The van der Waals surface area contributed by atoms with Crippen molar-refractivity contribution in [2.75, 3.05) is 19.8 Å². The Bertz CT molecular complexity index is 893. The maximum atomic E-state index is 13.2. The van der Waals surface area contributed by atoms with Gasteiger partial charge in [-0.2, -0.15) is 0 Å². The highest BCUT2D eigenvalue weighted by molar-refractivity contribution is 5.95. The monoisotopic (exact) mass is 478 g/mol. The highest BCUT2D eigenvalue weighted by atomic mass is 19.1. The van der Waals surface area contributed by atoms with Crippen LogP contribution in [0.4, 0.5) is 9.18 Å². The number of benzene rings is 1. The predicted molar refractivity (Wildman–Crippen MR) is 123 cm³/mol. The van der Waals surface area contributed by atoms with Crippen LogP contribution in [0.3, 0.4) is 0 Å². The molecule has 1 heterocycles. The van der Waals surface area contributed by atoms with Gasteiger partial charge in [-0.1, -0.05) is 30.3 Å². The fourth-order valence-corrected chi connectivity index (χ4v) is 3.88. The number of hydrogen-bond acceptors (Lipinski definition) is 5. The summed E-state index contributed by atoms with van der Waals surface area (Å²) in [6.45, 7) is -0.776. The molecule has 1 aliphatic rings. The predicted octanol–water partition coefficient (Wildman–Crippen LogP) is -0.0667. The molecule has 0 radical (unpaired) electrons. The molecule has 0 aromatic heterocycles. The molecule has 3 unspecified atom stereocenters. The molecule has 3 amide bonds. The first-order chi connectivity index (χ1) is 16.2. The van der Waals surface area contributed by atoms with Crippen LogP contribution in [-0.4, -0.2) is 77.5 Å². The molecule has 2 rings (SSSR count). The SMILES string of the molecule is NC(N)=NCCCC(NC(=O)C1CCCN1C(=O)C(Cc1ccccc1)NC(=O)O)C(=O)CF. The van der Waals surface area contributed by atoms with Crippen LogP contribution in [0.25, 0.3) is 0 Å². The molecule has 12 heteroatoms. The third-order valence-electron chi connectivity index (χ3n) is 5.50. The van der Waals surface area contributed by atoms with Crippen molar-refractivity contribution in [3.8, 4) is 0 Å². The van der Waals surface area contributed by atoms with E-state index in [1.54, 1.807) is 30.3 Å². The Kier molecular flexibility index (Phi) is 10.2. The van der Waals surface area contributed by atoms with Crippen molar-refractivity contribution in [1.29, 1.82) is 0 Å². The zero-order chi connectivity index (χ0) is 25.1. The van der Waals surface area contributed by atoms with Gasteiger partial charge in [-0.15, -0.1) is 0 Å². The van der Waals surface area contributed by atoms with Crippen LogP contribution in [0.1, 0.15) is 31.2 Å². The van der Waals surface area contributed by atoms with E-state index in [1.165, 1.54) is 4.90 Å². The second kappa shape index (κ2) is 13.1. The smallest absolute Gasteiger partial charge is 0.405 e. The number of likely N-dealkylation sites (tertiary alicyclic amines) is 1. The molecule has 1 fully saturated rings. The average molecular weight is 479 g/mol. The number of alkyl halides is 1. The molecule has 1 aromatic carbocycles. The molecule has 0 saturated carbocycles.